The number of halogens is 1. The highest BCUT2D eigenvalue weighted by Gasteiger charge is 2.14. The van der Waals surface area contributed by atoms with Crippen LogP contribution in [0.2, 0.25) is 0 Å². The summed E-state index contributed by atoms with van der Waals surface area (Å²) >= 11 is 0. The highest BCUT2D eigenvalue weighted by Crippen LogP contribution is 2.19. The highest BCUT2D eigenvalue weighted by molar-refractivity contribution is 5.91. The van der Waals surface area contributed by atoms with Gasteiger partial charge in [-0.3, -0.25) is 14.3 Å². The summed E-state index contributed by atoms with van der Waals surface area (Å²) < 4.78 is 25.9. The van der Waals surface area contributed by atoms with E-state index in [2.05, 4.69) is 10.4 Å². The van der Waals surface area contributed by atoms with Gasteiger partial charge in [0.15, 0.2) is 0 Å². The van der Waals surface area contributed by atoms with E-state index in [9.17, 15) is 14.0 Å². The minimum Gasteiger partial charge on any atom is -0.493 e. The van der Waals surface area contributed by atoms with Crippen LogP contribution in [0.3, 0.4) is 0 Å². The van der Waals surface area contributed by atoms with Crippen molar-refractivity contribution in [1.29, 1.82) is 0 Å². The van der Waals surface area contributed by atoms with Gasteiger partial charge in [-0.05, 0) is 56.7 Å². The van der Waals surface area contributed by atoms with Crippen LogP contribution in [0.15, 0.2) is 48.7 Å². The summed E-state index contributed by atoms with van der Waals surface area (Å²) in [5.41, 5.74) is 2.96. The molecule has 0 saturated heterocycles. The number of carbonyl (C=O) groups excluding carboxylic acids is 2. The molecule has 2 aromatic carbocycles. The number of benzene rings is 2. The van der Waals surface area contributed by atoms with E-state index in [1.165, 1.54) is 16.8 Å². The zero-order valence-corrected chi connectivity index (χ0v) is 20.5. The summed E-state index contributed by atoms with van der Waals surface area (Å²) in [4.78, 5) is 26.4. The van der Waals surface area contributed by atoms with Gasteiger partial charge in [-0.1, -0.05) is 17.7 Å². The van der Waals surface area contributed by atoms with Gasteiger partial charge in [0.25, 0.3) is 0 Å². The Kier molecular flexibility index (Phi) is 8.83. The number of hydrogen-bond acceptors (Lipinski definition) is 5. The molecule has 0 atom stereocenters. The lowest BCUT2D eigenvalue weighted by Gasteiger charge is -2.17. The molecule has 2 amide bonds. The summed E-state index contributed by atoms with van der Waals surface area (Å²) in [6.45, 7) is 6.52. The summed E-state index contributed by atoms with van der Waals surface area (Å²) in [6, 6.07) is 12.0. The largest absolute Gasteiger partial charge is 0.493 e. The van der Waals surface area contributed by atoms with Gasteiger partial charge in [-0.2, -0.15) is 5.10 Å². The molecule has 8 nitrogen and oxygen atoms in total. The second-order valence-corrected chi connectivity index (χ2v) is 8.36. The van der Waals surface area contributed by atoms with Crippen LogP contribution in [0, 0.1) is 26.6 Å². The van der Waals surface area contributed by atoms with E-state index in [-0.39, 0.29) is 37.2 Å². The Balaban J connectivity index is 1.42. The number of hydrogen-bond donors (Lipinski definition) is 1. The smallest absolute Gasteiger partial charge is 0.244 e. The van der Waals surface area contributed by atoms with Gasteiger partial charge >= 0.3 is 0 Å². The molecule has 0 spiro atoms. The molecular formula is C26H31FN4O4. The van der Waals surface area contributed by atoms with Crippen molar-refractivity contribution in [1.82, 2.24) is 14.7 Å². The predicted octanol–water partition coefficient (Wildman–Crippen LogP) is 3.89. The van der Waals surface area contributed by atoms with Crippen molar-refractivity contribution < 1.29 is 23.5 Å². The van der Waals surface area contributed by atoms with E-state index in [0.717, 1.165) is 11.3 Å². The summed E-state index contributed by atoms with van der Waals surface area (Å²) in [7, 11) is 1.71. The van der Waals surface area contributed by atoms with Crippen LogP contribution in [0.4, 0.5) is 10.1 Å². The number of carbonyl (C=O) groups is 2. The molecule has 0 aliphatic rings. The molecule has 186 valence electrons. The topological polar surface area (TPSA) is 85.7 Å². The number of rotatable bonds is 11. The fourth-order valence-corrected chi connectivity index (χ4v) is 3.28. The van der Waals surface area contributed by atoms with Gasteiger partial charge in [-0.15, -0.1) is 0 Å². The van der Waals surface area contributed by atoms with Crippen molar-refractivity contribution in [3.8, 4) is 11.5 Å². The molecule has 0 unspecified atom stereocenters. The molecule has 0 aliphatic carbocycles. The third-order valence-corrected chi connectivity index (χ3v) is 5.38. The van der Waals surface area contributed by atoms with E-state index in [1.807, 2.05) is 31.2 Å². The molecule has 0 aliphatic heterocycles. The highest BCUT2D eigenvalue weighted by atomic mass is 19.1. The average Bonchev–Trinajstić information content (AvgIpc) is 3.14. The lowest BCUT2D eigenvalue weighted by molar-refractivity contribution is -0.131. The molecule has 0 fully saturated rings. The molecule has 0 bridgehead atoms. The number of nitrogens with one attached hydrogen (secondary N) is 1. The third-order valence-electron chi connectivity index (χ3n) is 5.38. The second-order valence-electron chi connectivity index (χ2n) is 8.36. The minimum atomic E-state index is -0.333. The van der Waals surface area contributed by atoms with Crippen molar-refractivity contribution in [2.75, 3.05) is 32.1 Å². The molecule has 0 radical (unpaired) electrons. The van der Waals surface area contributed by atoms with Crippen molar-refractivity contribution in [2.45, 2.75) is 33.7 Å². The number of ether oxygens (including phenoxy) is 2. The Morgan fingerprint density at radius 3 is 2.51 bits per heavy atom. The quantitative estimate of drug-likeness (QED) is 0.448. The maximum Gasteiger partial charge on any atom is 0.244 e. The van der Waals surface area contributed by atoms with Crippen molar-refractivity contribution in [2.24, 2.45) is 0 Å². The van der Waals surface area contributed by atoms with Crippen LogP contribution in [-0.2, 0) is 16.1 Å². The Bertz CT molecular complexity index is 1160. The molecule has 1 N–H and O–H groups in total. The van der Waals surface area contributed by atoms with Gasteiger partial charge in [0.2, 0.25) is 11.8 Å². The first-order chi connectivity index (χ1) is 16.7. The molecule has 3 rings (SSSR count). The first kappa shape index (κ1) is 25.7. The molecule has 1 heterocycles. The lowest BCUT2D eigenvalue weighted by atomic mass is 10.2. The fourth-order valence-electron chi connectivity index (χ4n) is 3.28. The van der Waals surface area contributed by atoms with Gasteiger partial charge in [0, 0.05) is 13.2 Å². The van der Waals surface area contributed by atoms with Gasteiger partial charge in [-0.25, -0.2) is 4.39 Å². The monoisotopic (exact) mass is 482 g/mol. The number of anilines is 1. The fraction of sp³-hybridized carbons (Fsp3) is 0.346. The van der Waals surface area contributed by atoms with Crippen LogP contribution >= 0.6 is 0 Å². The van der Waals surface area contributed by atoms with Crippen molar-refractivity contribution in [3.05, 3.63) is 71.3 Å². The van der Waals surface area contributed by atoms with E-state index in [4.69, 9.17) is 9.47 Å². The molecular weight excluding hydrogens is 451 g/mol. The zero-order chi connectivity index (χ0) is 25.4. The van der Waals surface area contributed by atoms with Crippen LogP contribution < -0.4 is 14.8 Å². The van der Waals surface area contributed by atoms with E-state index in [0.29, 0.717) is 35.8 Å². The number of aryl methyl sites for hydroxylation is 3. The van der Waals surface area contributed by atoms with Crippen LogP contribution in [0.1, 0.15) is 23.2 Å². The standard InChI is InChI=1S/C26H31FN4O4/c1-18-5-8-22(9-6-18)34-14-12-30(4)26(33)17-31-16-23(20(3)29-31)28-25(32)11-13-35-24-10-7-21(27)15-19(24)2/h5-10,15-16H,11-14,17H2,1-4H3,(H,28,32). The SMILES string of the molecule is Cc1ccc(OCCN(C)C(=O)Cn2cc(NC(=O)CCOc3ccc(F)cc3C)c(C)n2)cc1. The molecule has 1 aromatic heterocycles. The van der Waals surface area contributed by atoms with Crippen LogP contribution in [0.25, 0.3) is 0 Å². The first-order valence-electron chi connectivity index (χ1n) is 11.4. The molecule has 0 saturated carbocycles. The number of likely N-dealkylation sites (N-methyl/N-ethyl adjacent to an activating group) is 1. The van der Waals surface area contributed by atoms with Gasteiger partial charge in [0.1, 0.15) is 30.5 Å². The third kappa shape index (κ3) is 7.84. The minimum absolute atomic E-state index is 0.0463. The van der Waals surface area contributed by atoms with Crippen LogP contribution in [0.5, 0.6) is 11.5 Å². The number of aromatic nitrogens is 2. The number of amides is 2. The zero-order valence-electron chi connectivity index (χ0n) is 20.5. The molecule has 35 heavy (non-hydrogen) atoms. The molecule has 9 heteroatoms. The first-order valence-corrected chi connectivity index (χ1v) is 11.4. The summed E-state index contributed by atoms with van der Waals surface area (Å²) in [6.07, 6.45) is 1.75. The van der Waals surface area contributed by atoms with Crippen LogP contribution in [-0.4, -0.2) is 53.3 Å². The summed E-state index contributed by atoms with van der Waals surface area (Å²) in [5.74, 6) is 0.596. The second kappa shape index (κ2) is 12.0. The van der Waals surface area contributed by atoms with Gasteiger partial charge in [0.05, 0.1) is 31.0 Å². The van der Waals surface area contributed by atoms with Gasteiger partial charge < -0.3 is 19.7 Å². The maximum atomic E-state index is 13.2. The predicted molar refractivity (Wildman–Crippen MR) is 131 cm³/mol. The Hall–Kier alpha value is -3.88. The molecule has 3 aromatic rings. The maximum absolute atomic E-state index is 13.2. The Labute approximate surface area is 204 Å². The van der Waals surface area contributed by atoms with Crippen molar-refractivity contribution >= 4 is 17.5 Å². The van der Waals surface area contributed by atoms with E-state index >= 15 is 0 Å². The average molecular weight is 483 g/mol. The van der Waals surface area contributed by atoms with E-state index < -0.39 is 0 Å². The Morgan fingerprint density at radius 1 is 1.06 bits per heavy atom. The Morgan fingerprint density at radius 2 is 1.80 bits per heavy atom. The van der Waals surface area contributed by atoms with Crippen molar-refractivity contribution in [3.63, 3.8) is 0 Å². The summed E-state index contributed by atoms with van der Waals surface area (Å²) in [5, 5.41) is 7.12. The lowest BCUT2D eigenvalue weighted by Crippen LogP contribution is -2.33. The normalized spacial score (nSPS) is 10.7. The van der Waals surface area contributed by atoms with E-state index in [1.54, 1.807) is 38.1 Å². The number of nitrogens with zero attached hydrogens (tertiary/aromatic N) is 3.